The predicted octanol–water partition coefficient (Wildman–Crippen LogP) is 0.828. The van der Waals surface area contributed by atoms with Gasteiger partial charge in [-0.2, -0.15) is 5.10 Å². The number of hydrogen-bond acceptors (Lipinski definition) is 6. The number of aryl methyl sites for hydroxylation is 1. The van der Waals surface area contributed by atoms with Crippen LogP contribution < -0.4 is 15.8 Å². The van der Waals surface area contributed by atoms with Crippen molar-refractivity contribution in [2.45, 2.75) is 32.7 Å². The van der Waals surface area contributed by atoms with Gasteiger partial charge in [0, 0.05) is 42.8 Å². The van der Waals surface area contributed by atoms with Crippen LogP contribution in [-0.2, 0) is 0 Å². The number of fused-ring (bicyclic) bond motifs is 1. The molecule has 0 atom stereocenters. The Morgan fingerprint density at radius 2 is 2.07 bits per heavy atom. The molecule has 0 bridgehead atoms. The number of carbonyl (C=O) groups is 1. The molecule has 140 valence electrons. The maximum absolute atomic E-state index is 12.6. The molecule has 0 spiro atoms. The number of nitrogens with one attached hydrogen (secondary N) is 2. The van der Waals surface area contributed by atoms with Gasteiger partial charge in [-0.05, 0) is 32.8 Å². The van der Waals surface area contributed by atoms with E-state index in [0.29, 0.717) is 35.8 Å². The molecular formula is C18H21N7O2. The standard InChI is InChI=1S/C18H21N7O2/c1-11-12(2)21-18(23-16(11)26)24-8-4-13(5-9-24)22-17(27)14-10-20-25-7-3-6-19-15(14)25/h3,6-7,10,13H,4-5,8-9H2,1-2H3,(H,22,27)(H,21,23,26). The molecule has 0 radical (unpaired) electrons. The summed E-state index contributed by atoms with van der Waals surface area (Å²) in [6.07, 6.45) is 6.49. The lowest BCUT2D eigenvalue weighted by molar-refractivity contribution is 0.0932. The lowest BCUT2D eigenvalue weighted by atomic mass is 10.0. The van der Waals surface area contributed by atoms with Crippen molar-refractivity contribution in [3.05, 3.63) is 51.8 Å². The van der Waals surface area contributed by atoms with Crippen molar-refractivity contribution >= 4 is 17.5 Å². The molecule has 3 aromatic heterocycles. The van der Waals surface area contributed by atoms with Crippen molar-refractivity contribution in [2.24, 2.45) is 0 Å². The van der Waals surface area contributed by atoms with Gasteiger partial charge in [0.2, 0.25) is 5.95 Å². The first-order valence-corrected chi connectivity index (χ1v) is 8.94. The number of piperidine rings is 1. The molecule has 9 nitrogen and oxygen atoms in total. The van der Waals surface area contributed by atoms with Gasteiger partial charge in [0.05, 0.1) is 6.20 Å². The molecule has 9 heteroatoms. The molecule has 1 saturated heterocycles. The third-order valence-electron chi connectivity index (χ3n) is 5.04. The summed E-state index contributed by atoms with van der Waals surface area (Å²) in [5.74, 6) is 0.430. The fourth-order valence-corrected chi connectivity index (χ4v) is 3.27. The zero-order valence-corrected chi connectivity index (χ0v) is 15.3. The molecule has 1 fully saturated rings. The second-order valence-electron chi connectivity index (χ2n) is 6.78. The summed E-state index contributed by atoms with van der Waals surface area (Å²) in [5.41, 5.74) is 2.30. The summed E-state index contributed by atoms with van der Waals surface area (Å²) in [6.45, 7) is 5.03. The van der Waals surface area contributed by atoms with E-state index in [9.17, 15) is 9.59 Å². The first-order valence-electron chi connectivity index (χ1n) is 8.94. The highest BCUT2D eigenvalue weighted by Gasteiger charge is 2.24. The van der Waals surface area contributed by atoms with E-state index in [-0.39, 0.29) is 17.5 Å². The van der Waals surface area contributed by atoms with Crippen LogP contribution in [0.1, 0.15) is 34.5 Å². The SMILES string of the molecule is Cc1nc(N2CCC(NC(=O)c3cnn4cccnc34)CC2)[nH]c(=O)c1C. The Morgan fingerprint density at radius 1 is 1.30 bits per heavy atom. The van der Waals surface area contributed by atoms with E-state index in [0.717, 1.165) is 18.5 Å². The molecule has 4 heterocycles. The average Bonchev–Trinajstić information content (AvgIpc) is 3.10. The Labute approximate surface area is 155 Å². The van der Waals surface area contributed by atoms with E-state index >= 15 is 0 Å². The first-order chi connectivity index (χ1) is 13.0. The van der Waals surface area contributed by atoms with Crippen molar-refractivity contribution in [1.82, 2.24) is 29.9 Å². The molecule has 27 heavy (non-hydrogen) atoms. The Hall–Kier alpha value is -3.23. The van der Waals surface area contributed by atoms with Crippen LogP contribution in [-0.4, -0.2) is 49.6 Å². The summed E-state index contributed by atoms with van der Waals surface area (Å²) < 4.78 is 1.58. The highest BCUT2D eigenvalue weighted by Crippen LogP contribution is 2.17. The third-order valence-corrected chi connectivity index (χ3v) is 5.04. The van der Waals surface area contributed by atoms with E-state index in [1.54, 1.807) is 29.9 Å². The van der Waals surface area contributed by atoms with E-state index in [1.807, 2.05) is 11.8 Å². The van der Waals surface area contributed by atoms with Crippen LogP contribution in [0.4, 0.5) is 5.95 Å². The summed E-state index contributed by atoms with van der Waals surface area (Å²) in [7, 11) is 0. The van der Waals surface area contributed by atoms with Crippen LogP contribution in [0.15, 0.2) is 29.5 Å². The molecule has 2 N–H and O–H groups in total. The number of rotatable bonds is 3. The molecule has 0 aliphatic carbocycles. The fourth-order valence-electron chi connectivity index (χ4n) is 3.27. The first kappa shape index (κ1) is 17.2. The van der Waals surface area contributed by atoms with Gasteiger partial charge in [0.25, 0.3) is 11.5 Å². The zero-order valence-electron chi connectivity index (χ0n) is 15.3. The molecule has 1 amide bonds. The zero-order chi connectivity index (χ0) is 19.0. The normalized spacial score (nSPS) is 15.3. The quantitative estimate of drug-likeness (QED) is 0.710. The molecule has 3 aromatic rings. The van der Waals surface area contributed by atoms with Crippen LogP contribution in [0.5, 0.6) is 0 Å². The van der Waals surface area contributed by atoms with Crippen LogP contribution in [0.25, 0.3) is 5.65 Å². The predicted molar refractivity (Wildman–Crippen MR) is 100 cm³/mol. The second-order valence-corrected chi connectivity index (χ2v) is 6.78. The van der Waals surface area contributed by atoms with Gasteiger partial charge in [-0.1, -0.05) is 0 Å². The maximum Gasteiger partial charge on any atom is 0.256 e. The third kappa shape index (κ3) is 3.27. The maximum atomic E-state index is 12.6. The minimum atomic E-state index is -0.167. The van der Waals surface area contributed by atoms with Gasteiger partial charge in [-0.15, -0.1) is 0 Å². The van der Waals surface area contributed by atoms with E-state index in [4.69, 9.17) is 0 Å². The second kappa shape index (κ2) is 6.82. The Bertz CT molecular complexity index is 1050. The highest BCUT2D eigenvalue weighted by atomic mass is 16.1. The monoisotopic (exact) mass is 367 g/mol. The summed E-state index contributed by atoms with van der Waals surface area (Å²) in [6, 6.07) is 1.83. The summed E-state index contributed by atoms with van der Waals surface area (Å²) in [5, 5.41) is 7.22. The lowest BCUT2D eigenvalue weighted by Gasteiger charge is -2.32. The Balaban J connectivity index is 1.41. The van der Waals surface area contributed by atoms with Crippen molar-refractivity contribution < 1.29 is 4.79 Å². The van der Waals surface area contributed by atoms with Gasteiger partial charge >= 0.3 is 0 Å². The Morgan fingerprint density at radius 3 is 2.81 bits per heavy atom. The number of H-pyrrole nitrogens is 1. The number of nitrogens with zero attached hydrogens (tertiary/aromatic N) is 5. The van der Waals surface area contributed by atoms with Gasteiger partial charge in [-0.3, -0.25) is 14.6 Å². The minimum absolute atomic E-state index is 0.0608. The largest absolute Gasteiger partial charge is 0.349 e. The fraction of sp³-hybridized carbons (Fsp3) is 0.389. The van der Waals surface area contributed by atoms with Crippen molar-refractivity contribution in [3.63, 3.8) is 0 Å². The number of hydrogen-bond donors (Lipinski definition) is 2. The summed E-state index contributed by atoms with van der Waals surface area (Å²) in [4.78, 5) is 38.1. The molecular weight excluding hydrogens is 346 g/mol. The van der Waals surface area contributed by atoms with Gasteiger partial charge < -0.3 is 10.2 Å². The number of amides is 1. The van der Waals surface area contributed by atoms with Crippen LogP contribution in [0, 0.1) is 13.8 Å². The lowest BCUT2D eigenvalue weighted by Crippen LogP contribution is -2.45. The molecule has 0 unspecified atom stereocenters. The molecule has 4 rings (SSSR count). The van der Waals surface area contributed by atoms with Gasteiger partial charge in [0.1, 0.15) is 5.56 Å². The number of aromatic amines is 1. The highest BCUT2D eigenvalue weighted by molar-refractivity contribution is 5.99. The average molecular weight is 367 g/mol. The minimum Gasteiger partial charge on any atom is -0.349 e. The smallest absolute Gasteiger partial charge is 0.256 e. The molecule has 0 saturated carbocycles. The van der Waals surface area contributed by atoms with Crippen LogP contribution >= 0.6 is 0 Å². The molecule has 1 aliphatic rings. The van der Waals surface area contributed by atoms with Gasteiger partial charge in [-0.25, -0.2) is 14.5 Å². The number of aromatic nitrogens is 5. The van der Waals surface area contributed by atoms with Crippen LogP contribution in [0.3, 0.4) is 0 Å². The number of carbonyl (C=O) groups excluding carboxylic acids is 1. The van der Waals surface area contributed by atoms with Crippen molar-refractivity contribution in [3.8, 4) is 0 Å². The Kier molecular flexibility index (Phi) is 4.35. The molecule has 1 aliphatic heterocycles. The summed E-state index contributed by atoms with van der Waals surface area (Å²) >= 11 is 0. The van der Waals surface area contributed by atoms with Crippen molar-refractivity contribution in [1.29, 1.82) is 0 Å². The number of anilines is 1. The van der Waals surface area contributed by atoms with E-state index in [2.05, 4.69) is 25.4 Å². The molecule has 0 aromatic carbocycles. The van der Waals surface area contributed by atoms with Crippen molar-refractivity contribution in [2.75, 3.05) is 18.0 Å². The van der Waals surface area contributed by atoms with Gasteiger partial charge in [0.15, 0.2) is 5.65 Å². The topological polar surface area (TPSA) is 108 Å². The van der Waals surface area contributed by atoms with E-state index < -0.39 is 0 Å². The van der Waals surface area contributed by atoms with E-state index in [1.165, 1.54) is 6.20 Å². The van der Waals surface area contributed by atoms with Crippen LogP contribution in [0.2, 0.25) is 0 Å².